The van der Waals surface area contributed by atoms with E-state index in [1.807, 2.05) is 0 Å². The summed E-state index contributed by atoms with van der Waals surface area (Å²) in [4.78, 5) is 12.1. The molecule has 0 bridgehead atoms. The van der Waals surface area contributed by atoms with Crippen molar-refractivity contribution in [1.82, 2.24) is 0 Å². The fourth-order valence-corrected chi connectivity index (χ4v) is 3.20. The number of benzene rings is 2. The topological polar surface area (TPSA) is 66.5 Å². The number of amides is 1. The van der Waals surface area contributed by atoms with Crippen LogP contribution >= 0.6 is 15.9 Å². The molecule has 26 heavy (non-hydrogen) atoms. The molecule has 0 unspecified atom stereocenters. The zero-order chi connectivity index (χ0) is 19.5. The smallest absolute Gasteiger partial charge is 0.325 e. The standard InChI is InChI=1S/C16H14BrF3N2O3S/c1-26(24,25)22(14-8-4-12(17)5-9-14)10-15(23)21-13-6-2-11(3-7-13)16(18,19)20/h2-9H,10H2,1H3,(H,21,23). The number of halogens is 4. The molecular weight excluding hydrogens is 437 g/mol. The minimum atomic E-state index is -4.47. The molecule has 2 aromatic rings. The predicted octanol–water partition coefficient (Wildman–Crippen LogP) is 3.87. The van der Waals surface area contributed by atoms with E-state index in [1.54, 1.807) is 12.1 Å². The molecule has 0 aliphatic carbocycles. The molecule has 1 N–H and O–H groups in total. The monoisotopic (exact) mass is 450 g/mol. The number of carbonyl (C=O) groups is 1. The van der Waals surface area contributed by atoms with Crippen molar-refractivity contribution in [3.63, 3.8) is 0 Å². The van der Waals surface area contributed by atoms with Gasteiger partial charge < -0.3 is 5.32 Å². The van der Waals surface area contributed by atoms with Crippen LogP contribution in [0.25, 0.3) is 0 Å². The maximum absolute atomic E-state index is 12.5. The Morgan fingerprint density at radius 2 is 1.62 bits per heavy atom. The number of alkyl halides is 3. The number of nitrogens with zero attached hydrogens (tertiary/aromatic N) is 1. The normalized spacial score (nSPS) is 11.9. The number of sulfonamides is 1. The van der Waals surface area contributed by atoms with Gasteiger partial charge in [-0.25, -0.2) is 8.42 Å². The van der Waals surface area contributed by atoms with E-state index >= 15 is 0 Å². The van der Waals surface area contributed by atoms with E-state index in [4.69, 9.17) is 0 Å². The Morgan fingerprint density at radius 3 is 2.08 bits per heavy atom. The van der Waals surface area contributed by atoms with E-state index in [0.717, 1.165) is 39.3 Å². The van der Waals surface area contributed by atoms with Crippen LogP contribution in [0, 0.1) is 0 Å². The second kappa shape index (κ2) is 7.67. The van der Waals surface area contributed by atoms with Crippen LogP contribution in [0.1, 0.15) is 5.56 Å². The highest BCUT2D eigenvalue weighted by Gasteiger charge is 2.30. The van der Waals surface area contributed by atoms with Crippen LogP contribution in [0.2, 0.25) is 0 Å². The predicted molar refractivity (Wildman–Crippen MR) is 96.4 cm³/mol. The van der Waals surface area contributed by atoms with Gasteiger partial charge in [0, 0.05) is 10.2 Å². The second-order valence-corrected chi connectivity index (χ2v) is 8.19. The summed E-state index contributed by atoms with van der Waals surface area (Å²) in [5, 5.41) is 2.38. The maximum Gasteiger partial charge on any atom is 0.416 e. The van der Waals surface area contributed by atoms with E-state index in [0.29, 0.717) is 5.69 Å². The highest BCUT2D eigenvalue weighted by atomic mass is 79.9. The summed E-state index contributed by atoms with van der Waals surface area (Å²) in [6, 6.07) is 10.2. The molecule has 0 spiro atoms. The summed E-state index contributed by atoms with van der Waals surface area (Å²) in [5.74, 6) is -0.682. The lowest BCUT2D eigenvalue weighted by Crippen LogP contribution is -2.37. The Balaban J connectivity index is 2.14. The first-order valence-corrected chi connectivity index (χ1v) is 9.81. The first kappa shape index (κ1) is 20.2. The molecule has 1 amide bonds. The van der Waals surface area contributed by atoms with Gasteiger partial charge in [0.15, 0.2) is 0 Å². The number of nitrogens with one attached hydrogen (secondary N) is 1. The van der Waals surface area contributed by atoms with Crippen molar-refractivity contribution in [2.75, 3.05) is 22.4 Å². The van der Waals surface area contributed by atoms with Crippen molar-refractivity contribution >= 4 is 43.2 Å². The molecule has 0 saturated heterocycles. The van der Waals surface area contributed by atoms with E-state index in [1.165, 1.54) is 12.1 Å². The van der Waals surface area contributed by atoms with E-state index in [-0.39, 0.29) is 5.69 Å². The zero-order valence-electron chi connectivity index (χ0n) is 13.4. The van der Waals surface area contributed by atoms with Gasteiger partial charge in [0.05, 0.1) is 17.5 Å². The average molecular weight is 451 g/mol. The van der Waals surface area contributed by atoms with Gasteiger partial charge in [0.25, 0.3) is 0 Å². The molecule has 2 aromatic carbocycles. The molecule has 0 aliphatic rings. The summed E-state index contributed by atoms with van der Waals surface area (Å²) < 4.78 is 63.2. The molecule has 0 atom stereocenters. The van der Waals surface area contributed by atoms with Crippen LogP contribution in [0.15, 0.2) is 53.0 Å². The van der Waals surface area contributed by atoms with Gasteiger partial charge in [0.1, 0.15) is 6.54 Å². The first-order chi connectivity index (χ1) is 12.0. The lowest BCUT2D eigenvalue weighted by molar-refractivity contribution is -0.137. The molecule has 10 heteroatoms. The number of anilines is 2. The largest absolute Gasteiger partial charge is 0.416 e. The van der Waals surface area contributed by atoms with Crippen molar-refractivity contribution in [3.8, 4) is 0 Å². The van der Waals surface area contributed by atoms with Crippen molar-refractivity contribution in [2.45, 2.75) is 6.18 Å². The lowest BCUT2D eigenvalue weighted by Gasteiger charge is -2.22. The molecule has 5 nitrogen and oxygen atoms in total. The highest BCUT2D eigenvalue weighted by molar-refractivity contribution is 9.10. The summed E-state index contributed by atoms with van der Waals surface area (Å²) in [5.41, 5.74) is -0.423. The average Bonchev–Trinajstić information content (AvgIpc) is 2.52. The van der Waals surface area contributed by atoms with Crippen LogP contribution < -0.4 is 9.62 Å². The lowest BCUT2D eigenvalue weighted by atomic mass is 10.2. The Kier molecular flexibility index (Phi) is 5.97. The minimum Gasteiger partial charge on any atom is -0.325 e. The summed E-state index contributed by atoms with van der Waals surface area (Å²) >= 11 is 3.23. The molecular formula is C16H14BrF3N2O3S. The van der Waals surface area contributed by atoms with Gasteiger partial charge in [-0.1, -0.05) is 15.9 Å². The third kappa shape index (κ3) is 5.46. The molecule has 0 radical (unpaired) electrons. The third-order valence-electron chi connectivity index (χ3n) is 3.30. The fourth-order valence-electron chi connectivity index (χ4n) is 2.08. The van der Waals surface area contributed by atoms with E-state index in [9.17, 15) is 26.4 Å². The minimum absolute atomic E-state index is 0.132. The van der Waals surface area contributed by atoms with Crippen molar-refractivity contribution in [1.29, 1.82) is 0 Å². The van der Waals surface area contributed by atoms with E-state index in [2.05, 4.69) is 21.2 Å². The Labute approximate surface area is 157 Å². The Bertz CT molecular complexity index is 882. The summed E-state index contributed by atoms with van der Waals surface area (Å²) in [6.45, 7) is -0.512. The number of rotatable bonds is 5. The Hall–Kier alpha value is -2.07. The van der Waals surface area contributed by atoms with E-state index < -0.39 is 34.2 Å². The van der Waals surface area contributed by atoms with Gasteiger partial charge in [-0.3, -0.25) is 9.10 Å². The highest BCUT2D eigenvalue weighted by Crippen LogP contribution is 2.29. The van der Waals surface area contributed by atoms with Gasteiger partial charge in [0.2, 0.25) is 15.9 Å². The SMILES string of the molecule is CS(=O)(=O)N(CC(=O)Nc1ccc(C(F)(F)F)cc1)c1ccc(Br)cc1. The molecule has 140 valence electrons. The summed E-state index contributed by atoms with van der Waals surface area (Å²) in [7, 11) is -3.74. The van der Waals surface area contributed by atoms with Crippen molar-refractivity contribution < 1.29 is 26.4 Å². The van der Waals surface area contributed by atoms with Gasteiger partial charge in [-0.2, -0.15) is 13.2 Å². The van der Waals surface area contributed by atoms with Crippen LogP contribution in [0.4, 0.5) is 24.5 Å². The zero-order valence-corrected chi connectivity index (χ0v) is 15.8. The number of carbonyl (C=O) groups excluding carboxylic acids is 1. The molecule has 0 aromatic heterocycles. The van der Waals surface area contributed by atoms with Crippen LogP contribution in [0.5, 0.6) is 0 Å². The molecule has 0 fully saturated rings. The van der Waals surface area contributed by atoms with Gasteiger partial charge >= 0.3 is 6.18 Å². The molecule has 2 rings (SSSR count). The maximum atomic E-state index is 12.5. The second-order valence-electron chi connectivity index (χ2n) is 5.37. The van der Waals surface area contributed by atoms with Crippen molar-refractivity contribution in [3.05, 3.63) is 58.6 Å². The van der Waals surface area contributed by atoms with Crippen molar-refractivity contribution in [2.24, 2.45) is 0 Å². The van der Waals surface area contributed by atoms with Crippen LogP contribution in [0.3, 0.4) is 0 Å². The molecule has 0 aliphatic heterocycles. The molecule has 0 saturated carbocycles. The quantitative estimate of drug-likeness (QED) is 0.751. The fraction of sp³-hybridized carbons (Fsp3) is 0.188. The first-order valence-electron chi connectivity index (χ1n) is 7.17. The van der Waals surface area contributed by atoms with Gasteiger partial charge in [-0.15, -0.1) is 0 Å². The number of hydrogen-bond acceptors (Lipinski definition) is 3. The summed E-state index contributed by atoms with van der Waals surface area (Å²) in [6.07, 6.45) is -3.52. The number of hydrogen-bond donors (Lipinski definition) is 1. The van der Waals surface area contributed by atoms with Gasteiger partial charge in [-0.05, 0) is 48.5 Å². The third-order valence-corrected chi connectivity index (χ3v) is 4.97. The molecule has 0 heterocycles. The van der Waals surface area contributed by atoms with Crippen LogP contribution in [-0.4, -0.2) is 27.1 Å². The van der Waals surface area contributed by atoms with Crippen LogP contribution in [-0.2, 0) is 21.0 Å². The Morgan fingerprint density at radius 1 is 1.08 bits per heavy atom.